The Bertz CT molecular complexity index is 234. The zero-order valence-corrected chi connectivity index (χ0v) is 9.17. The Kier molecular flexibility index (Phi) is 4.50. The summed E-state index contributed by atoms with van der Waals surface area (Å²) in [7, 11) is 0. The van der Waals surface area contributed by atoms with Crippen molar-refractivity contribution in [3.63, 3.8) is 0 Å². The first-order chi connectivity index (χ1) is 5.08. The lowest BCUT2D eigenvalue weighted by molar-refractivity contribution is -0.533. The molecule has 0 fully saturated rings. The van der Waals surface area contributed by atoms with Gasteiger partial charge in [-0.25, -0.2) is 4.99 Å². The average Bonchev–Trinajstić information content (AvgIpc) is 2.32. The molecule has 1 aromatic rings. The molecule has 0 atom stereocenters. The maximum Gasteiger partial charge on any atom is 0.179 e. The molecule has 68 valence electrons. The van der Waals surface area contributed by atoms with Crippen molar-refractivity contribution in [1.29, 1.82) is 0 Å². The lowest BCUT2D eigenvalue weighted by atomic mass is 10.1. The molecular weight excluding hydrogens is 190 g/mol. The highest BCUT2D eigenvalue weighted by Crippen LogP contribution is 2.02. The maximum atomic E-state index is 3.31. The van der Waals surface area contributed by atoms with Crippen molar-refractivity contribution >= 4 is 17.6 Å². The highest BCUT2D eigenvalue weighted by atomic mass is 35.5. The second-order valence-corrected chi connectivity index (χ2v) is 4.53. The molecule has 1 heterocycles. The molecule has 0 amide bonds. The third-order valence-electron chi connectivity index (χ3n) is 1.19. The Morgan fingerprint density at radius 1 is 1.42 bits per heavy atom. The van der Waals surface area contributed by atoms with Crippen LogP contribution in [0, 0.1) is 0 Å². The van der Waals surface area contributed by atoms with E-state index >= 15 is 0 Å². The van der Waals surface area contributed by atoms with E-state index in [-0.39, 0.29) is 17.9 Å². The number of rotatable bonds is 1. The molecule has 0 bridgehead atoms. The number of thiophene rings is 1. The summed E-state index contributed by atoms with van der Waals surface area (Å²) in [5, 5.41) is 2.08. The van der Waals surface area contributed by atoms with Gasteiger partial charge in [0.25, 0.3) is 0 Å². The Balaban J connectivity index is 0.00000121. The van der Waals surface area contributed by atoms with Crippen molar-refractivity contribution in [3.05, 3.63) is 22.4 Å². The fraction of sp³-hybridized carbons (Fsp3) is 0.444. The van der Waals surface area contributed by atoms with Gasteiger partial charge in [-0.05, 0) is 32.2 Å². The molecule has 0 aliphatic rings. The number of hydrogen-bond acceptors (Lipinski definition) is 1. The zero-order valence-electron chi connectivity index (χ0n) is 7.60. The molecule has 0 radical (unpaired) electrons. The first kappa shape index (κ1) is 11.7. The molecule has 12 heavy (non-hydrogen) atoms. The monoisotopic (exact) mass is 203 g/mol. The topological polar surface area (TPSA) is 14.0 Å². The summed E-state index contributed by atoms with van der Waals surface area (Å²) in [6, 6.07) is 4.16. The predicted octanol–water partition coefficient (Wildman–Crippen LogP) is -1.95. The minimum atomic E-state index is 0. The summed E-state index contributed by atoms with van der Waals surface area (Å²) in [6.07, 6.45) is 2.06. The molecule has 1 aromatic heterocycles. The van der Waals surface area contributed by atoms with E-state index in [2.05, 4.69) is 49.5 Å². The second kappa shape index (κ2) is 4.63. The summed E-state index contributed by atoms with van der Waals surface area (Å²) in [5.41, 5.74) is 0.171. The summed E-state index contributed by atoms with van der Waals surface area (Å²) >= 11 is 1.75. The molecule has 1 N–H and O–H groups in total. The lowest BCUT2D eigenvalue weighted by Crippen LogP contribution is -3.00. The van der Waals surface area contributed by atoms with Crippen LogP contribution in [0.5, 0.6) is 0 Å². The number of halogens is 1. The molecule has 0 spiro atoms. The van der Waals surface area contributed by atoms with E-state index in [4.69, 9.17) is 0 Å². The van der Waals surface area contributed by atoms with Gasteiger partial charge < -0.3 is 12.4 Å². The normalized spacial score (nSPS) is 11.6. The maximum absolute atomic E-state index is 3.31. The standard InChI is InChI=1S/C9H13NS.ClH/c1-9(2,3)10-7-8-5-4-6-11-8;/h4-7H,1-3H3;1H. The molecule has 0 unspecified atom stereocenters. The van der Waals surface area contributed by atoms with Gasteiger partial charge in [-0.3, -0.25) is 0 Å². The third kappa shape index (κ3) is 4.52. The van der Waals surface area contributed by atoms with Crippen LogP contribution in [0.1, 0.15) is 25.6 Å². The first-order valence-corrected chi connectivity index (χ1v) is 4.60. The van der Waals surface area contributed by atoms with Crippen LogP contribution in [0.2, 0.25) is 0 Å². The van der Waals surface area contributed by atoms with E-state index in [1.54, 1.807) is 11.3 Å². The van der Waals surface area contributed by atoms with Gasteiger partial charge in [0.1, 0.15) is 0 Å². The van der Waals surface area contributed by atoms with Crippen LogP contribution in [-0.4, -0.2) is 11.8 Å². The van der Waals surface area contributed by atoms with Gasteiger partial charge in [0, 0.05) is 0 Å². The Labute approximate surface area is 83.9 Å². The summed E-state index contributed by atoms with van der Waals surface area (Å²) in [4.78, 5) is 4.59. The third-order valence-corrected chi connectivity index (χ3v) is 2.01. The summed E-state index contributed by atoms with van der Waals surface area (Å²) in [6.45, 7) is 6.45. The van der Waals surface area contributed by atoms with E-state index in [1.807, 2.05) is 0 Å². The molecule has 3 heteroatoms. The van der Waals surface area contributed by atoms with E-state index in [1.165, 1.54) is 4.88 Å². The molecule has 1 rings (SSSR count). The SMILES string of the molecule is CC(C)(C)[NH+]=Cc1cccs1.[Cl-]. The van der Waals surface area contributed by atoms with Crippen molar-refractivity contribution in [2.24, 2.45) is 0 Å². The average molecular weight is 204 g/mol. The van der Waals surface area contributed by atoms with E-state index in [0.29, 0.717) is 0 Å². The second-order valence-electron chi connectivity index (χ2n) is 3.55. The molecule has 0 saturated heterocycles. The zero-order chi connectivity index (χ0) is 8.32. The molecule has 0 aliphatic carbocycles. The van der Waals surface area contributed by atoms with Gasteiger partial charge in [-0.2, -0.15) is 0 Å². The Hall–Kier alpha value is -0.340. The number of hydrogen-bond donors (Lipinski definition) is 1. The van der Waals surface area contributed by atoms with Crippen LogP contribution in [0.3, 0.4) is 0 Å². The van der Waals surface area contributed by atoms with Gasteiger partial charge in [0.05, 0.1) is 4.88 Å². The quantitative estimate of drug-likeness (QED) is 0.511. The van der Waals surface area contributed by atoms with Crippen LogP contribution in [-0.2, 0) is 0 Å². The van der Waals surface area contributed by atoms with Crippen molar-refractivity contribution in [2.75, 3.05) is 0 Å². The highest BCUT2D eigenvalue weighted by Gasteiger charge is 2.11. The molecule has 0 aromatic carbocycles. The minimum absolute atomic E-state index is 0. The Morgan fingerprint density at radius 2 is 2.08 bits per heavy atom. The van der Waals surface area contributed by atoms with Gasteiger partial charge in [0.2, 0.25) is 0 Å². The van der Waals surface area contributed by atoms with Crippen LogP contribution in [0.25, 0.3) is 0 Å². The lowest BCUT2D eigenvalue weighted by Gasteiger charge is -2.02. The summed E-state index contributed by atoms with van der Waals surface area (Å²) < 4.78 is 0. The fourth-order valence-electron chi connectivity index (χ4n) is 0.661. The van der Waals surface area contributed by atoms with E-state index in [0.717, 1.165) is 0 Å². The van der Waals surface area contributed by atoms with Gasteiger partial charge >= 0.3 is 0 Å². The van der Waals surface area contributed by atoms with Crippen LogP contribution in [0.4, 0.5) is 0 Å². The van der Waals surface area contributed by atoms with Crippen molar-refractivity contribution < 1.29 is 17.4 Å². The van der Waals surface area contributed by atoms with Crippen LogP contribution < -0.4 is 17.4 Å². The fourth-order valence-corrected chi connectivity index (χ4v) is 1.26. The molecule has 0 saturated carbocycles. The van der Waals surface area contributed by atoms with Crippen molar-refractivity contribution in [2.45, 2.75) is 26.3 Å². The Morgan fingerprint density at radius 3 is 2.50 bits per heavy atom. The van der Waals surface area contributed by atoms with Gasteiger partial charge in [-0.15, -0.1) is 11.3 Å². The highest BCUT2D eigenvalue weighted by molar-refractivity contribution is 7.11. The molecule has 1 nitrogen and oxygen atoms in total. The van der Waals surface area contributed by atoms with Crippen LogP contribution >= 0.6 is 11.3 Å². The van der Waals surface area contributed by atoms with Crippen molar-refractivity contribution in [1.82, 2.24) is 0 Å². The van der Waals surface area contributed by atoms with E-state index < -0.39 is 0 Å². The smallest absolute Gasteiger partial charge is 0.179 e. The summed E-state index contributed by atoms with van der Waals surface area (Å²) in [5.74, 6) is 0. The van der Waals surface area contributed by atoms with Gasteiger partial charge in [-0.1, -0.05) is 6.07 Å². The minimum Gasteiger partial charge on any atom is -1.00 e. The van der Waals surface area contributed by atoms with Gasteiger partial charge in [0.15, 0.2) is 11.8 Å². The molecule has 0 aliphatic heterocycles. The van der Waals surface area contributed by atoms with Crippen molar-refractivity contribution in [3.8, 4) is 0 Å². The van der Waals surface area contributed by atoms with E-state index in [9.17, 15) is 0 Å². The number of nitrogens with one attached hydrogen (secondary N) is 1. The van der Waals surface area contributed by atoms with Crippen LogP contribution in [0.15, 0.2) is 17.5 Å². The molecular formula is C9H14ClNS. The first-order valence-electron chi connectivity index (χ1n) is 3.72. The predicted molar refractivity (Wildman–Crippen MR) is 50.2 cm³/mol. The largest absolute Gasteiger partial charge is 1.00 e.